The minimum Gasteiger partial charge on any atom is -0.464 e. The molecule has 68 valence electrons. The molecule has 3 nitrogen and oxygen atoms in total. The van der Waals surface area contributed by atoms with Crippen LogP contribution >= 0.6 is 0 Å². The Morgan fingerprint density at radius 2 is 2.58 bits per heavy atom. The van der Waals surface area contributed by atoms with Crippen molar-refractivity contribution in [3.8, 4) is 0 Å². The summed E-state index contributed by atoms with van der Waals surface area (Å²) >= 11 is 0. The van der Waals surface area contributed by atoms with Crippen LogP contribution in [0.3, 0.4) is 0 Å². The van der Waals surface area contributed by atoms with Crippen LogP contribution in [0.15, 0.2) is 11.6 Å². The van der Waals surface area contributed by atoms with Crippen molar-refractivity contribution in [3.05, 3.63) is 11.6 Å². The predicted molar refractivity (Wildman–Crippen MR) is 44.7 cm³/mol. The van der Waals surface area contributed by atoms with Crippen molar-refractivity contribution in [2.45, 2.75) is 26.4 Å². The Morgan fingerprint density at radius 1 is 1.83 bits per heavy atom. The molecule has 0 bridgehead atoms. The molecule has 1 unspecified atom stereocenters. The lowest BCUT2D eigenvalue weighted by Crippen LogP contribution is -2.29. The highest BCUT2D eigenvalue weighted by atomic mass is 16.6. The molecule has 0 N–H and O–H groups in total. The first-order valence-electron chi connectivity index (χ1n) is 4.18. The SMILES string of the molecule is CCOC(=O)C1CC(C)=CCO1. The average Bonchev–Trinajstić information content (AvgIpc) is 2.05. The zero-order valence-corrected chi connectivity index (χ0v) is 7.50. The summed E-state index contributed by atoms with van der Waals surface area (Å²) < 4.78 is 10.1. The molecule has 0 fully saturated rings. The molecule has 1 rings (SSSR count). The minimum atomic E-state index is -0.380. The molecule has 0 aromatic heterocycles. The normalized spacial score (nSPS) is 23.2. The maximum absolute atomic E-state index is 11.2. The van der Waals surface area contributed by atoms with Gasteiger partial charge < -0.3 is 9.47 Å². The predicted octanol–water partition coefficient (Wildman–Crippen LogP) is 1.28. The van der Waals surface area contributed by atoms with Gasteiger partial charge in [-0.1, -0.05) is 11.6 Å². The summed E-state index contributed by atoms with van der Waals surface area (Å²) in [6.45, 7) is 4.73. The topological polar surface area (TPSA) is 35.5 Å². The highest BCUT2D eigenvalue weighted by molar-refractivity contribution is 5.75. The molecular formula is C9H14O3. The van der Waals surface area contributed by atoms with E-state index < -0.39 is 0 Å². The maximum Gasteiger partial charge on any atom is 0.335 e. The van der Waals surface area contributed by atoms with Crippen LogP contribution in [-0.2, 0) is 14.3 Å². The average molecular weight is 170 g/mol. The molecule has 0 aliphatic carbocycles. The van der Waals surface area contributed by atoms with Crippen molar-refractivity contribution in [2.24, 2.45) is 0 Å². The lowest BCUT2D eigenvalue weighted by atomic mass is 10.1. The second-order valence-corrected chi connectivity index (χ2v) is 2.83. The Hall–Kier alpha value is -0.830. The second-order valence-electron chi connectivity index (χ2n) is 2.83. The van der Waals surface area contributed by atoms with Crippen LogP contribution < -0.4 is 0 Å². The van der Waals surface area contributed by atoms with Crippen LogP contribution in [0, 0.1) is 0 Å². The van der Waals surface area contributed by atoms with Gasteiger partial charge in [-0.15, -0.1) is 0 Å². The van der Waals surface area contributed by atoms with E-state index in [1.54, 1.807) is 6.92 Å². The van der Waals surface area contributed by atoms with E-state index in [9.17, 15) is 4.79 Å². The van der Waals surface area contributed by atoms with E-state index in [0.717, 1.165) is 0 Å². The summed E-state index contributed by atoms with van der Waals surface area (Å²) in [5, 5.41) is 0. The van der Waals surface area contributed by atoms with Gasteiger partial charge in [-0.3, -0.25) is 0 Å². The fraction of sp³-hybridized carbons (Fsp3) is 0.667. The minimum absolute atomic E-state index is 0.245. The fourth-order valence-corrected chi connectivity index (χ4v) is 1.13. The zero-order chi connectivity index (χ0) is 8.97. The fourth-order valence-electron chi connectivity index (χ4n) is 1.13. The molecule has 1 heterocycles. The van der Waals surface area contributed by atoms with E-state index in [-0.39, 0.29) is 12.1 Å². The molecule has 0 saturated heterocycles. The second kappa shape index (κ2) is 4.26. The number of esters is 1. The molecule has 0 spiro atoms. The van der Waals surface area contributed by atoms with E-state index >= 15 is 0 Å². The number of ether oxygens (including phenoxy) is 2. The van der Waals surface area contributed by atoms with E-state index in [2.05, 4.69) is 0 Å². The maximum atomic E-state index is 11.2. The first-order chi connectivity index (χ1) is 5.74. The Labute approximate surface area is 72.4 Å². The van der Waals surface area contributed by atoms with Crippen molar-refractivity contribution < 1.29 is 14.3 Å². The summed E-state index contributed by atoms with van der Waals surface area (Å²) in [6, 6.07) is 0. The van der Waals surface area contributed by atoms with Gasteiger partial charge in [0.15, 0.2) is 6.10 Å². The Balaban J connectivity index is 2.43. The van der Waals surface area contributed by atoms with Gasteiger partial charge in [-0.05, 0) is 13.8 Å². The van der Waals surface area contributed by atoms with Gasteiger partial charge in [0, 0.05) is 6.42 Å². The summed E-state index contributed by atoms with van der Waals surface area (Å²) in [4.78, 5) is 11.2. The van der Waals surface area contributed by atoms with Crippen molar-refractivity contribution in [1.82, 2.24) is 0 Å². The van der Waals surface area contributed by atoms with Gasteiger partial charge >= 0.3 is 5.97 Å². The zero-order valence-electron chi connectivity index (χ0n) is 7.50. The monoisotopic (exact) mass is 170 g/mol. The van der Waals surface area contributed by atoms with Crippen molar-refractivity contribution in [1.29, 1.82) is 0 Å². The Morgan fingerprint density at radius 3 is 3.17 bits per heavy atom. The van der Waals surface area contributed by atoms with Gasteiger partial charge in [0.1, 0.15) is 0 Å². The lowest BCUT2D eigenvalue weighted by molar-refractivity contribution is -0.156. The molecular weight excluding hydrogens is 156 g/mol. The highest BCUT2D eigenvalue weighted by Crippen LogP contribution is 2.14. The van der Waals surface area contributed by atoms with Crippen LogP contribution in [0.4, 0.5) is 0 Å². The van der Waals surface area contributed by atoms with Crippen LogP contribution in [0.1, 0.15) is 20.3 Å². The third-order valence-electron chi connectivity index (χ3n) is 1.79. The molecule has 12 heavy (non-hydrogen) atoms. The van der Waals surface area contributed by atoms with Gasteiger partial charge in [0.05, 0.1) is 13.2 Å². The van der Waals surface area contributed by atoms with E-state index in [1.165, 1.54) is 5.57 Å². The van der Waals surface area contributed by atoms with E-state index in [4.69, 9.17) is 9.47 Å². The van der Waals surface area contributed by atoms with Crippen molar-refractivity contribution in [2.75, 3.05) is 13.2 Å². The quantitative estimate of drug-likeness (QED) is 0.462. The Kier molecular flexibility index (Phi) is 3.29. The van der Waals surface area contributed by atoms with Gasteiger partial charge in [0.2, 0.25) is 0 Å². The van der Waals surface area contributed by atoms with Gasteiger partial charge in [-0.25, -0.2) is 4.79 Å². The first kappa shape index (κ1) is 9.26. The van der Waals surface area contributed by atoms with Gasteiger partial charge in [-0.2, -0.15) is 0 Å². The molecule has 0 aromatic carbocycles. The molecule has 0 amide bonds. The summed E-state index contributed by atoms with van der Waals surface area (Å²) in [5.41, 5.74) is 1.19. The number of carbonyl (C=O) groups excluding carboxylic acids is 1. The van der Waals surface area contributed by atoms with Gasteiger partial charge in [0.25, 0.3) is 0 Å². The third-order valence-corrected chi connectivity index (χ3v) is 1.79. The highest BCUT2D eigenvalue weighted by Gasteiger charge is 2.22. The van der Waals surface area contributed by atoms with Crippen LogP contribution in [0.25, 0.3) is 0 Å². The molecule has 0 aromatic rings. The number of carbonyl (C=O) groups is 1. The molecule has 0 radical (unpaired) electrons. The van der Waals surface area contributed by atoms with Crippen molar-refractivity contribution >= 4 is 5.97 Å². The molecule has 1 aliphatic rings. The third kappa shape index (κ3) is 2.34. The van der Waals surface area contributed by atoms with Crippen LogP contribution in [-0.4, -0.2) is 25.3 Å². The van der Waals surface area contributed by atoms with E-state index in [0.29, 0.717) is 19.6 Å². The first-order valence-corrected chi connectivity index (χ1v) is 4.18. The largest absolute Gasteiger partial charge is 0.464 e. The lowest BCUT2D eigenvalue weighted by Gasteiger charge is -2.19. The summed E-state index contributed by atoms with van der Waals surface area (Å²) in [5.74, 6) is -0.245. The van der Waals surface area contributed by atoms with Crippen molar-refractivity contribution in [3.63, 3.8) is 0 Å². The number of rotatable bonds is 2. The molecule has 1 atom stereocenters. The smallest absolute Gasteiger partial charge is 0.335 e. The number of hydrogen-bond donors (Lipinski definition) is 0. The summed E-state index contributed by atoms with van der Waals surface area (Å²) in [7, 11) is 0. The Bertz CT molecular complexity index is 196. The number of hydrogen-bond acceptors (Lipinski definition) is 3. The molecule has 1 aliphatic heterocycles. The van der Waals surface area contributed by atoms with E-state index in [1.807, 2.05) is 13.0 Å². The van der Waals surface area contributed by atoms with Crippen LogP contribution in [0.2, 0.25) is 0 Å². The summed E-state index contributed by atoms with van der Waals surface area (Å²) in [6.07, 6.45) is 2.27. The standard InChI is InChI=1S/C9H14O3/c1-3-11-9(10)8-6-7(2)4-5-12-8/h4,8H,3,5-6H2,1-2H3. The van der Waals surface area contributed by atoms with Crippen LogP contribution in [0.5, 0.6) is 0 Å². The molecule has 3 heteroatoms. The molecule has 0 saturated carbocycles.